The summed E-state index contributed by atoms with van der Waals surface area (Å²) in [7, 11) is 0. The lowest BCUT2D eigenvalue weighted by atomic mass is 10.1. The molecule has 0 aliphatic carbocycles. The van der Waals surface area contributed by atoms with Gasteiger partial charge in [0, 0.05) is 12.2 Å². The Kier molecular flexibility index (Phi) is 5.93. The van der Waals surface area contributed by atoms with Crippen molar-refractivity contribution in [1.82, 2.24) is 20.2 Å². The van der Waals surface area contributed by atoms with Crippen LogP contribution in [0.25, 0.3) is 5.69 Å². The van der Waals surface area contributed by atoms with E-state index in [9.17, 15) is 13.6 Å². The molecule has 1 amide bonds. The van der Waals surface area contributed by atoms with Crippen molar-refractivity contribution in [3.05, 3.63) is 54.1 Å². The van der Waals surface area contributed by atoms with Gasteiger partial charge in [-0.25, -0.2) is 0 Å². The van der Waals surface area contributed by atoms with E-state index in [1.165, 1.54) is 23.9 Å². The summed E-state index contributed by atoms with van der Waals surface area (Å²) in [5, 5.41) is 12.1. The fraction of sp³-hybridized carbons (Fsp3) is 0.300. The number of carbonyl (C=O) groups is 1. The molecular weight excluding hydrogens is 412 g/mol. The van der Waals surface area contributed by atoms with E-state index in [-0.39, 0.29) is 16.9 Å². The number of rotatable bonds is 6. The Balaban J connectivity index is 1.49. The second-order valence-electron chi connectivity index (χ2n) is 6.82. The Morgan fingerprint density at radius 2 is 1.80 bits per heavy atom. The molecule has 0 spiro atoms. The first-order valence-corrected chi connectivity index (χ1v) is 10.3. The van der Waals surface area contributed by atoms with Gasteiger partial charge in [0.2, 0.25) is 11.1 Å². The van der Waals surface area contributed by atoms with Gasteiger partial charge >= 0.3 is 6.61 Å². The second-order valence-corrected chi connectivity index (χ2v) is 7.99. The highest BCUT2D eigenvalue weighted by Crippen LogP contribution is 2.32. The molecule has 30 heavy (non-hydrogen) atoms. The standard InChI is InChI=1S/C20H19F2N5O2S/c1-13-4-6-15(7-5-13)27-20(23-24-25-27)30-17-3-2-12-26(18(17)28)14-8-10-16(11-9-14)29-19(21)22/h4-11,17,19H,2-3,12H2,1H3. The third-order valence-electron chi connectivity index (χ3n) is 4.73. The predicted molar refractivity (Wildman–Crippen MR) is 108 cm³/mol. The summed E-state index contributed by atoms with van der Waals surface area (Å²) in [6.07, 6.45) is 1.51. The van der Waals surface area contributed by atoms with Gasteiger partial charge in [0.15, 0.2) is 0 Å². The molecule has 1 fully saturated rings. The first-order chi connectivity index (χ1) is 14.5. The van der Waals surface area contributed by atoms with Gasteiger partial charge in [0.25, 0.3) is 0 Å². The van der Waals surface area contributed by atoms with Crippen LogP contribution in [0, 0.1) is 6.92 Å². The van der Waals surface area contributed by atoms with Gasteiger partial charge in [-0.2, -0.15) is 13.5 Å². The van der Waals surface area contributed by atoms with Crippen LogP contribution in [0.15, 0.2) is 53.7 Å². The number of nitrogens with zero attached hydrogens (tertiary/aromatic N) is 5. The van der Waals surface area contributed by atoms with Crippen LogP contribution in [0.3, 0.4) is 0 Å². The molecule has 3 aromatic rings. The van der Waals surface area contributed by atoms with E-state index < -0.39 is 6.61 Å². The molecule has 1 aliphatic heterocycles. The van der Waals surface area contributed by atoms with Crippen LogP contribution in [0.1, 0.15) is 18.4 Å². The van der Waals surface area contributed by atoms with Crippen molar-refractivity contribution in [3.8, 4) is 11.4 Å². The van der Waals surface area contributed by atoms with E-state index in [0.29, 0.717) is 23.8 Å². The zero-order valence-corrected chi connectivity index (χ0v) is 16.9. The Labute approximate surface area is 176 Å². The largest absolute Gasteiger partial charge is 0.435 e. The number of carbonyl (C=O) groups excluding carboxylic acids is 1. The summed E-state index contributed by atoms with van der Waals surface area (Å²) in [5.74, 6) is -0.00589. The number of hydrogen-bond donors (Lipinski definition) is 0. The van der Waals surface area contributed by atoms with Gasteiger partial charge in [0.1, 0.15) is 5.75 Å². The fourth-order valence-electron chi connectivity index (χ4n) is 3.24. The van der Waals surface area contributed by atoms with Crippen molar-refractivity contribution >= 4 is 23.4 Å². The summed E-state index contributed by atoms with van der Waals surface area (Å²) >= 11 is 1.33. The third-order valence-corrected chi connectivity index (χ3v) is 5.92. The molecule has 4 rings (SSSR count). The van der Waals surface area contributed by atoms with Crippen LogP contribution in [0.5, 0.6) is 5.75 Å². The highest BCUT2D eigenvalue weighted by molar-refractivity contribution is 8.00. The van der Waals surface area contributed by atoms with Crippen LogP contribution < -0.4 is 9.64 Å². The molecule has 1 aliphatic rings. The Morgan fingerprint density at radius 3 is 2.50 bits per heavy atom. The van der Waals surface area contributed by atoms with Gasteiger partial charge in [-0.15, -0.1) is 5.10 Å². The molecule has 10 heteroatoms. The first-order valence-electron chi connectivity index (χ1n) is 9.39. The third kappa shape index (κ3) is 4.43. The van der Waals surface area contributed by atoms with Crippen molar-refractivity contribution in [2.24, 2.45) is 0 Å². The molecular formula is C20H19F2N5O2S. The maximum atomic E-state index is 13.1. The number of amides is 1. The lowest BCUT2D eigenvalue weighted by Crippen LogP contribution is -2.43. The summed E-state index contributed by atoms with van der Waals surface area (Å²) < 4.78 is 30.7. The van der Waals surface area contributed by atoms with Crippen molar-refractivity contribution in [2.75, 3.05) is 11.4 Å². The Morgan fingerprint density at radius 1 is 1.10 bits per heavy atom. The number of anilines is 1. The van der Waals surface area contributed by atoms with Gasteiger partial charge < -0.3 is 9.64 Å². The van der Waals surface area contributed by atoms with E-state index >= 15 is 0 Å². The maximum absolute atomic E-state index is 13.1. The number of benzene rings is 2. The zero-order chi connectivity index (χ0) is 21.1. The molecule has 2 aromatic carbocycles. The first kappa shape index (κ1) is 20.3. The van der Waals surface area contributed by atoms with E-state index in [0.717, 1.165) is 17.7 Å². The summed E-state index contributed by atoms with van der Waals surface area (Å²) in [5.41, 5.74) is 2.59. The van der Waals surface area contributed by atoms with Crippen molar-refractivity contribution < 1.29 is 18.3 Å². The van der Waals surface area contributed by atoms with Gasteiger partial charge in [0.05, 0.1) is 10.9 Å². The van der Waals surface area contributed by atoms with Gasteiger partial charge in [-0.1, -0.05) is 29.5 Å². The van der Waals surface area contributed by atoms with Crippen LogP contribution in [-0.2, 0) is 4.79 Å². The lowest BCUT2D eigenvalue weighted by Gasteiger charge is -2.31. The summed E-state index contributed by atoms with van der Waals surface area (Å²) in [6.45, 7) is -0.318. The molecule has 0 radical (unpaired) electrons. The molecule has 156 valence electrons. The highest BCUT2D eigenvalue weighted by atomic mass is 32.2. The van der Waals surface area contributed by atoms with Crippen molar-refractivity contribution in [3.63, 3.8) is 0 Å². The number of aromatic nitrogens is 4. The molecule has 0 saturated carbocycles. The Hall–Kier alpha value is -3.01. The molecule has 2 heterocycles. The molecule has 0 bridgehead atoms. The molecule has 0 N–H and O–H groups in total. The van der Waals surface area contributed by atoms with Crippen molar-refractivity contribution in [1.29, 1.82) is 0 Å². The van der Waals surface area contributed by atoms with Gasteiger partial charge in [-0.3, -0.25) is 4.79 Å². The smallest absolute Gasteiger partial charge is 0.387 e. The average Bonchev–Trinajstić information content (AvgIpc) is 3.19. The average molecular weight is 431 g/mol. The number of alkyl halides is 2. The van der Waals surface area contributed by atoms with Crippen molar-refractivity contribution in [2.45, 2.75) is 36.8 Å². The molecule has 1 saturated heterocycles. The number of halogens is 2. The lowest BCUT2D eigenvalue weighted by molar-refractivity contribution is -0.119. The zero-order valence-electron chi connectivity index (χ0n) is 16.1. The van der Waals surface area contributed by atoms with Crippen LogP contribution in [0.2, 0.25) is 0 Å². The normalized spacial score (nSPS) is 16.9. The van der Waals surface area contributed by atoms with E-state index in [4.69, 9.17) is 0 Å². The quantitative estimate of drug-likeness (QED) is 0.590. The predicted octanol–water partition coefficient (Wildman–Crippen LogP) is 3.86. The Bertz CT molecular complexity index is 1010. The highest BCUT2D eigenvalue weighted by Gasteiger charge is 2.32. The summed E-state index contributed by atoms with van der Waals surface area (Å²) in [4.78, 5) is 14.7. The number of ether oxygens (including phenoxy) is 1. The summed E-state index contributed by atoms with van der Waals surface area (Å²) in [6, 6.07) is 13.9. The topological polar surface area (TPSA) is 73.1 Å². The minimum Gasteiger partial charge on any atom is -0.435 e. The number of aryl methyl sites for hydroxylation is 1. The monoisotopic (exact) mass is 431 g/mol. The second kappa shape index (κ2) is 8.78. The fourth-order valence-corrected chi connectivity index (χ4v) is 4.34. The van der Waals surface area contributed by atoms with E-state index in [1.807, 2.05) is 31.2 Å². The van der Waals surface area contributed by atoms with Crippen LogP contribution in [-0.4, -0.2) is 44.5 Å². The number of thioether (sulfide) groups is 1. The van der Waals surface area contributed by atoms with E-state index in [1.54, 1.807) is 21.7 Å². The SMILES string of the molecule is Cc1ccc(-n2nnnc2SC2CCCN(c3ccc(OC(F)F)cc3)C2=O)cc1. The maximum Gasteiger partial charge on any atom is 0.387 e. The van der Waals surface area contributed by atoms with Crippen LogP contribution in [0.4, 0.5) is 14.5 Å². The number of tetrazole rings is 1. The molecule has 1 unspecified atom stereocenters. The minimum absolute atomic E-state index is 0.0569. The minimum atomic E-state index is -2.88. The molecule has 1 atom stereocenters. The number of hydrogen-bond acceptors (Lipinski definition) is 6. The number of piperidine rings is 1. The van der Waals surface area contributed by atoms with Crippen LogP contribution >= 0.6 is 11.8 Å². The molecule has 7 nitrogen and oxygen atoms in total. The van der Waals surface area contributed by atoms with E-state index in [2.05, 4.69) is 20.3 Å². The van der Waals surface area contributed by atoms with Gasteiger partial charge in [-0.05, 0) is 66.6 Å². The molecule has 1 aromatic heterocycles.